The largest absolute Gasteiger partial charge is 0.417 e. The summed E-state index contributed by atoms with van der Waals surface area (Å²) >= 11 is 0. The fraction of sp³-hybridized carbons (Fsp3) is 1.00. The minimum atomic E-state index is -3.50. The van der Waals surface area contributed by atoms with Crippen molar-refractivity contribution < 1.29 is 17.9 Å². The van der Waals surface area contributed by atoms with Crippen molar-refractivity contribution in [1.82, 2.24) is 0 Å². The molecule has 1 nitrogen and oxygen atoms in total. The van der Waals surface area contributed by atoms with Gasteiger partial charge in [-0.05, 0) is 12.8 Å². The summed E-state index contributed by atoms with van der Waals surface area (Å²) in [5.74, 6) is -3.20. The number of hydrogen-bond donors (Lipinski definition) is 0. The van der Waals surface area contributed by atoms with Crippen molar-refractivity contribution in [3.8, 4) is 0 Å². The lowest BCUT2D eigenvalue weighted by Gasteiger charge is -2.21. The van der Waals surface area contributed by atoms with E-state index in [0.717, 1.165) is 19.3 Å². The molecule has 1 aliphatic heterocycles. The highest BCUT2D eigenvalue weighted by molar-refractivity contribution is 4.99. The SMILES string of the molecule is FC1(F)OC1(F)C1CCCCC1. The molecular weight excluding hydrogens is 169 g/mol. The van der Waals surface area contributed by atoms with Gasteiger partial charge < -0.3 is 0 Å². The molecule has 1 heterocycles. The second-order valence-corrected chi connectivity index (χ2v) is 3.60. The van der Waals surface area contributed by atoms with E-state index in [1.165, 1.54) is 0 Å². The summed E-state index contributed by atoms with van der Waals surface area (Å²) < 4.78 is 41.8. The van der Waals surface area contributed by atoms with Gasteiger partial charge in [0.05, 0.1) is 0 Å². The van der Waals surface area contributed by atoms with Crippen molar-refractivity contribution in [1.29, 1.82) is 0 Å². The maximum Gasteiger partial charge on any atom is 0.417 e. The zero-order chi connectivity index (χ0) is 8.82. The minimum absolute atomic E-state index is 0.534. The standard InChI is InChI=1S/C8H11F3O/c9-7(8(10,11)12-7)6-4-2-1-3-5-6/h6H,1-5H2. The molecule has 2 rings (SSSR count). The van der Waals surface area contributed by atoms with Crippen molar-refractivity contribution >= 4 is 0 Å². The van der Waals surface area contributed by atoms with Crippen molar-refractivity contribution in [3.63, 3.8) is 0 Å². The van der Waals surface area contributed by atoms with E-state index in [9.17, 15) is 13.2 Å². The molecule has 1 unspecified atom stereocenters. The Bertz CT molecular complexity index is 189. The molecule has 0 spiro atoms. The molecule has 0 bridgehead atoms. The van der Waals surface area contributed by atoms with E-state index >= 15 is 0 Å². The molecule has 0 aromatic carbocycles. The van der Waals surface area contributed by atoms with Crippen LogP contribution in [0.4, 0.5) is 13.2 Å². The lowest BCUT2D eigenvalue weighted by Crippen LogP contribution is -2.26. The van der Waals surface area contributed by atoms with Gasteiger partial charge in [0.2, 0.25) is 0 Å². The van der Waals surface area contributed by atoms with Crippen LogP contribution in [0.2, 0.25) is 0 Å². The summed E-state index contributed by atoms with van der Waals surface area (Å²) in [6.45, 7) is 0. The highest BCUT2D eigenvalue weighted by Gasteiger charge is 2.79. The number of alkyl halides is 3. The van der Waals surface area contributed by atoms with E-state index in [1.807, 2.05) is 0 Å². The molecule has 12 heavy (non-hydrogen) atoms. The molecule has 4 heteroatoms. The van der Waals surface area contributed by atoms with Gasteiger partial charge in [-0.1, -0.05) is 19.3 Å². The molecule has 0 aromatic heterocycles. The Hall–Kier alpha value is -0.250. The Labute approximate surface area is 68.9 Å². The fourth-order valence-electron chi connectivity index (χ4n) is 1.96. The Balaban J connectivity index is 2.00. The summed E-state index contributed by atoms with van der Waals surface area (Å²) in [5, 5.41) is 0. The van der Waals surface area contributed by atoms with Crippen LogP contribution in [-0.2, 0) is 4.74 Å². The maximum absolute atomic E-state index is 13.2. The van der Waals surface area contributed by atoms with Crippen LogP contribution in [-0.4, -0.2) is 12.0 Å². The van der Waals surface area contributed by atoms with Crippen LogP contribution >= 0.6 is 0 Å². The zero-order valence-corrected chi connectivity index (χ0v) is 6.66. The number of epoxide rings is 1. The van der Waals surface area contributed by atoms with E-state index in [1.54, 1.807) is 0 Å². The van der Waals surface area contributed by atoms with Gasteiger partial charge in [-0.2, -0.15) is 8.78 Å². The Morgan fingerprint density at radius 2 is 1.50 bits per heavy atom. The summed E-state index contributed by atoms with van der Waals surface area (Å²) in [5.41, 5.74) is 0. The highest BCUT2D eigenvalue weighted by Crippen LogP contribution is 2.59. The van der Waals surface area contributed by atoms with Crippen LogP contribution < -0.4 is 0 Å². The van der Waals surface area contributed by atoms with Crippen LogP contribution in [0, 0.1) is 5.92 Å². The van der Waals surface area contributed by atoms with Crippen molar-refractivity contribution in [2.24, 2.45) is 5.92 Å². The molecule has 1 saturated carbocycles. The third-order valence-electron chi connectivity index (χ3n) is 2.76. The van der Waals surface area contributed by atoms with Crippen molar-refractivity contribution in [2.45, 2.75) is 44.1 Å². The van der Waals surface area contributed by atoms with Crippen molar-refractivity contribution in [2.75, 3.05) is 0 Å². The van der Waals surface area contributed by atoms with Gasteiger partial charge in [0.1, 0.15) is 0 Å². The summed E-state index contributed by atoms with van der Waals surface area (Å²) in [7, 11) is 0. The van der Waals surface area contributed by atoms with Gasteiger partial charge in [0.25, 0.3) is 0 Å². The average molecular weight is 180 g/mol. The number of halogens is 3. The molecule has 0 amide bonds. The third kappa shape index (κ3) is 1.04. The molecule has 2 aliphatic rings. The Morgan fingerprint density at radius 1 is 1.00 bits per heavy atom. The van der Waals surface area contributed by atoms with Gasteiger partial charge in [-0.15, -0.1) is 0 Å². The second-order valence-electron chi connectivity index (χ2n) is 3.60. The number of rotatable bonds is 1. The van der Waals surface area contributed by atoms with E-state index < -0.39 is 17.9 Å². The highest BCUT2D eigenvalue weighted by atomic mass is 19.3. The van der Waals surface area contributed by atoms with Crippen molar-refractivity contribution in [3.05, 3.63) is 0 Å². The second kappa shape index (κ2) is 2.37. The van der Waals surface area contributed by atoms with E-state index in [2.05, 4.69) is 4.74 Å². The molecule has 70 valence electrons. The molecule has 1 atom stereocenters. The van der Waals surface area contributed by atoms with Gasteiger partial charge >= 0.3 is 12.0 Å². The minimum Gasteiger partial charge on any atom is -0.270 e. The summed E-state index contributed by atoms with van der Waals surface area (Å²) in [6, 6.07) is 0. The predicted octanol–water partition coefficient (Wildman–Crippen LogP) is 2.86. The Morgan fingerprint density at radius 3 is 1.92 bits per heavy atom. The van der Waals surface area contributed by atoms with Gasteiger partial charge in [0.15, 0.2) is 0 Å². The normalized spacial score (nSPS) is 41.2. The van der Waals surface area contributed by atoms with Crippen LogP contribution in [0.1, 0.15) is 32.1 Å². The first-order chi connectivity index (χ1) is 5.56. The van der Waals surface area contributed by atoms with Gasteiger partial charge in [0, 0.05) is 5.92 Å². The quantitative estimate of drug-likeness (QED) is 0.565. The Kier molecular flexibility index (Phi) is 1.65. The van der Waals surface area contributed by atoms with E-state index in [-0.39, 0.29) is 0 Å². The average Bonchev–Trinajstić information content (AvgIpc) is 2.55. The van der Waals surface area contributed by atoms with E-state index in [4.69, 9.17) is 0 Å². The van der Waals surface area contributed by atoms with Crippen LogP contribution in [0.15, 0.2) is 0 Å². The number of hydrogen-bond acceptors (Lipinski definition) is 1. The molecule has 1 saturated heterocycles. The van der Waals surface area contributed by atoms with E-state index in [0.29, 0.717) is 12.8 Å². The summed E-state index contributed by atoms with van der Waals surface area (Å²) in [6.07, 6.45) is 0.275. The predicted molar refractivity (Wildman–Crippen MR) is 36.4 cm³/mol. The molecule has 0 aromatic rings. The maximum atomic E-state index is 13.2. The molecule has 0 radical (unpaired) electrons. The topological polar surface area (TPSA) is 12.5 Å². The number of ether oxygens (including phenoxy) is 1. The first-order valence-corrected chi connectivity index (χ1v) is 4.33. The molecule has 0 N–H and O–H groups in total. The van der Waals surface area contributed by atoms with Crippen LogP contribution in [0.3, 0.4) is 0 Å². The third-order valence-corrected chi connectivity index (χ3v) is 2.76. The van der Waals surface area contributed by atoms with Crippen LogP contribution in [0.5, 0.6) is 0 Å². The smallest absolute Gasteiger partial charge is 0.270 e. The molecule has 1 aliphatic carbocycles. The molecular formula is C8H11F3O. The monoisotopic (exact) mass is 180 g/mol. The fourth-order valence-corrected chi connectivity index (χ4v) is 1.96. The zero-order valence-electron chi connectivity index (χ0n) is 6.66. The molecule has 2 fully saturated rings. The first-order valence-electron chi connectivity index (χ1n) is 4.33. The lowest BCUT2D eigenvalue weighted by molar-refractivity contribution is -0.00725. The first kappa shape index (κ1) is 8.35. The lowest BCUT2D eigenvalue weighted by atomic mass is 9.85. The van der Waals surface area contributed by atoms with Gasteiger partial charge in [-0.25, -0.2) is 4.39 Å². The summed E-state index contributed by atoms with van der Waals surface area (Å²) in [4.78, 5) is 0. The van der Waals surface area contributed by atoms with Crippen LogP contribution in [0.25, 0.3) is 0 Å². The van der Waals surface area contributed by atoms with Gasteiger partial charge in [-0.3, -0.25) is 4.74 Å².